The van der Waals surface area contributed by atoms with Crippen molar-refractivity contribution in [3.63, 3.8) is 0 Å². The summed E-state index contributed by atoms with van der Waals surface area (Å²) in [4.78, 5) is 11.7. The molecule has 2 heterocycles. The van der Waals surface area contributed by atoms with E-state index in [0.717, 1.165) is 43.2 Å². The Morgan fingerprint density at radius 1 is 1.10 bits per heavy atom. The molecule has 0 atom stereocenters. The molecule has 0 amide bonds. The summed E-state index contributed by atoms with van der Waals surface area (Å²) in [5, 5.41) is 3.27. The standard InChI is InChI=1S/C23H26N4O2/c1-16-6-4-5-7-17(16)14-27-11-10-20-18(15-27)13-24-23(25-20)26-21-9-8-19(28-2)12-22(21)29-3/h4-9,12-13H,10-11,14-15H2,1-3H3,(H,24,25,26). The molecule has 1 N–H and O–H groups in total. The molecule has 3 aromatic rings. The number of nitrogens with zero attached hydrogens (tertiary/aromatic N) is 3. The van der Waals surface area contributed by atoms with Crippen LogP contribution in [0.25, 0.3) is 0 Å². The van der Waals surface area contributed by atoms with E-state index >= 15 is 0 Å². The summed E-state index contributed by atoms with van der Waals surface area (Å²) in [7, 11) is 3.27. The minimum Gasteiger partial charge on any atom is -0.497 e. The summed E-state index contributed by atoms with van der Waals surface area (Å²) >= 11 is 0. The lowest BCUT2D eigenvalue weighted by atomic mass is 10.0. The highest BCUT2D eigenvalue weighted by Crippen LogP contribution is 2.31. The van der Waals surface area contributed by atoms with Crippen LogP contribution in [0.15, 0.2) is 48.7 Å². The van der Waals surface area contributed by atoms with Crippen LogP contribution < -0.4 is 14.8 Å². The Morgan fingerprint density at radius 2 is 1.97 bits per heavy atom. The number of aromatic nitrogens is 2. The second kappa shape index (κ2) is 8.49. The maximum absolute atomic E-state index is 5.45. The summed E-state index contributed by atoms with van der Waals surface area (Å²) in [6, 6.07) is 14.2. The van der Waals surface area contributed by atoms with Crippen LogP contribution in [0.2, 0.25) is 0 Å². The number of methoxy groups -OCH3 is 2. The van der Waals surface area contributed by atoms with Gasteiger partial charge in [0.15, 0.2) is 0 Å². The Labute approximate surface area is 171 Å². The minimum absolute atomic E-state index is 0.583. The fourth-order valence-corrected chi connectivity index (χ4v) is 3.62. The predicted octanol–water partition coefficient (Wildman–Crippen LogP) is 4.10. The van der Waals surface area contributed by atoms with Gasteiger partial charge in [-0.3, -0.25) is 4.90 Å². The number of ether oxygens (including phenoxy) is 2. The molecule has 1 aliphatic heterocycles. The lowest BCUT2D eigenvalue weighted by molar-refractivity contribution is 0.242. The molecule has 0 unspecified atom stereocenters. The zero-order chi connectivity index (χ0) is 20.2. The van der Waals surface area contributed by atoms with Gasteiger partial charge in [-0.05, 0) is 30.2 Å². The van der Waals surface area contributed by atoms with Crippen LogP contribution in [0, 0.1) is 6.92 Å². The van der Waals surface area contributed by atoms with E-state index < -0.39 is 0 Å². The smallest absolute Gasteiger partial charge is 0.227 e. The Balaban J connectivity index is 1.47. The van der Waals surface area contributed by atoms with Gasteiger partial charge in [0, 0.05) is 43.9 Å². The van der Waals surface area contributed by atoms with Crippen molar-refractivity contribution in [2.24, 2.45) is 0 Å². The minimum atomic E-state index is 0.583. The molecule has 4 rings (SSSR count). The summed E-state index contributed by atoms with van der Waals surface area (Å²) in [5.41, 5.74) is 5.82. The van der Waals surface area contributed by atoms with Crippen LogP contribution >= 0.6 is 0 Å². The Bertz CT molecular complexity index is 1010. The van der Waals surface area contributed by atoms with Gasteiger partial charge < -0.3 is 14.8 Å². The molecule has 0 bridgehead atoms. The highest BCUT2D eigenvalue weighted by molar-refractivity contribution is 5.64. The van der Waals surface area contributed by atoms with Gasteiger partial charge in [-0.15, -0.1) is 0 Å². The number of rotatable bonds is 6. The van der Waals surface area contributed by atoms with Gasteiger partial charge in [-0.2, -0.15) is 0 Å². The third-order valence-electron chi connectivity index (χ3n) is 5.32. The first-order chi connectivity index (χ1) is 14.2. The number of benzene rings is 2. The van der Waals surface area contributed by atoms with Crippen molar-refractivity contribution in [2.45, 2.75) is 26.4 Å². The van der Waals surface area contributed by atoms with E-state index in [1.807, 2.05) is 24.4 Å². The Kier molecular flexibility index (Phi) is 5.62. The topological polar surface area (TPSA) is 59.5 Å². The van der Waals surface area contributed by atoms with Crippen LogP contribution in [-0.4, -0.2) is 35.6 Å². The molecule has 6 heteroatoms. The summed E-state index contributed by atoms with van der Waals surface area (Å²) in [6.07, 6.45) is 2.85. The molecule has 0 radical (unpaired) electrons. The zero-order valence-electron chi connectivity index (χ0n) is 17.1. The first-order valence-corrected chi connectivity index (χ1v) is 9.77. The Hall–Kier alpha value is -3.12. The van der Waals surface area contributed by atoms with Crippen molar-refractivity contribution in [1.29, 1.82) is 0 Å². The number of hydrogen-bond donors (Lipinski definition) is 1. The van der Waals surface area contributed by atoms with Gasteiger partial charge in [0.2, 0.25) is 5.95 Å². The molecule has 0 spiro atoms. The summed E-state index contributed by atoms with van der Waals surface area (Å²) in [5.74, 6) is 2.02. The van der Waals surface area contributed by atoms with Crippen LogP contribution in [0.5, 0.6) is 11.5 Å². The molecule has 1 aromatic heterocycles. The van der Waals surface area contributed by atoms with Crippen molar-refractivity contribution >= 4 is 11.6 Å². The molecule has 0 saturated heterocycles. The van der Waals surface area contributed by atoms with E-state index in [4.69, 9.17) is 14.5 Å². The van der Waals surface area contributed by atoms with Gasteiger partial charge in [-0.25, -0.2) is 9.97 Å². The average molecular weight is 390 g/mol. The average Bonchev–Trinajstić information content (AvgIpc) is 2.75. The van der Waals surface area contributed by atoms with Gasteiger partial charge >= 0.3 is 0 Å². The first kappa shape index (κ1) is 19.2. The second-order valence-corrected chi connectivity index (χ2v) is 7.24. The normalized spacial score (nSPS) is 13.6. The van der Waals surface area contributed by atoms with Crippen molar-refractivity contribution in [3.05, 3.63) is 71.0 Å². The van der Waals surface area contributed by atoms with Gasteiger partial charge in [0.1, 0.15) is 11.5 Å². The molecule has 29 heavy (non-hydrogen) atoms. The van der Waals surface area contributed by atoms with E-state index in [0.29, 0.717) is 11.7 Å². The van der Waals surface area contributed by atoms with E-state index in [1.165, 1.54) is 16.7 Å². The third kappa shape index (κ3) is 4.32. The Morgan fingerprint density at radius 3 is 2.76 bits per heavy atom. The monoisotopic (exact) mass is 390 g/mol. The van der Waals surface area contributed by atoms with E-state index in [1.54, 1.807) is 14.2 Å². The van der Waals surface area contributed by atoms with Crippen molar-refractivity contribution in [2.75, 3.05) is 26.1 Å². The number of anilines is 2. The van der Waals surface area contributed by atoms with Gasteiger partial charge in [-0.1, -0.05) is 24.3 Å². The largest absolute Gasteiger partial charge is 0.497 e. The number of nitrogens with one attached hydrogen (secondary N) is 1. The van der Waals surface area contributed by atoms with Gasteiger partial charge in [0.25, 0.3) is 0 Å². The molecular weight excluding hydrogens is 364 g/mol. The summed E-state index contributed by atoms with van der Waals surface area (Å²) < 4.78 is 10.7. The highest BCUT2D eigenvalue weighted by Gasteiger charge is 2.19. The number of aryl methyl sites for hydroxylation is 1. The fourth-order valence-electron chi connectivity index (χ4n) is 3.62. The SMILES string of the molecule is COc1ccc(Nc2ncc3c(n2)CCN(Cc2ccccc2C)C3)c(OC)c1. The molecule has 0 fully saturated rings. The van der Waals surface area contributed by atoms with E-state index in [9.17, 15) is 0 Å². The molecule has 2 aromatic carbocycles. The van der Waals surface area contributed by atoms with E-state index in [2.05, 4.69) is 46.4 Å². The van der Waals surface area contributed by atoms with Gasteiger partial charge in [0.05, 0.1) is 25.6 Å². The summed E-state index contributed by atoms with van der Waals surface area (Å²) in [6.45, 7) is 4.98. The molecular formula is C23H26N4O2. The number of fused-ring (bicyclic) bond motifs is 1. The van der Waals surface area contributed by atoms with Crippen LogP contribution in [0.4, 0.5) is 11.6 Å². The van der Waals surface area contributed by atoms with Crippen LogP contribution in [0.1, 0.15) is 22.4 Å². The maximum atomic E-state index is 5.45. The van der Waals surface area contributed by atoms with Crippen molar-refractivity contribution in [1.82, 2.24) is 14.9 Å². The number of hydrogen-bond acceptors (Lipinski definition) is 6. The lowest BCUT2D eigenvalue weighted by Gasteiger charge is -2.28. The predicted molar refractivity (Wildman–Crippen MR) is 114 cm³/mol. The van der Waals surface area contributed by atoms with Crippen molar-refractivity contribution in [3.8, 4) is 11.5 Å². The lowest BCUT2D eigenvalue weighted by Crippen LogP contribution is -2.31. The quantitative estimate of drug-likeness (QED) is 0.684. The van der Waals surface area contributed by atoms with Crippen molar-refractivity contribution < 1.29 is 9.47 Å². The third-order valence-corrected chi connectivity index (χ3v) is 5.32. The molecule has 6 nitrogen and oxygen atoms in total. The van der Waals surface area contributed by atoms with Crippen LogP contribution in [-0.2, 0) is 19.5 Å². The van der Waals surface area contributed by atoms with E-state index in [-0.39, 0.29) is 0 Å². The zero-order valence-corrected chi connectivity index (χ0v) is 17.1. The molecule has 1 aliphatic rings. The fraction of sp³-hybridized carbons (Fsp3) is 0.304. The molecule has 0 saturated carbocycles. The second-order valence-electron chi connectivity index (χ2n) is 7.24. The molecule has 150 valence electrons. The maximum Gasteiger partial charge on any atom is 0.227 e. The highest BCUT2D eigenvalue weighted by atomic mass is 16.5. The van der Waals surface area contributed by atoms with Crippen LogP contribution in [0.3, 0.4) is 0 Å². The molecule has 0 aliphatic carbocycles. The first-order valence-electron chi connectivity index (χ1n) is 9.77.